The fourth-order valence-electron chi connectivity index (χ4n) is 6.48. The van der Waals surface area contributed by atoms with E-state index in [2.05, 4.69) is 108 Å². The molecule has 3 heterocycles. The molecule has 0 bridgehead atoms. The monoisotopic (exact) mass is 603 g/mol. The van der Waals surface area contributed by atoms with E-state index < -0.39 is 0 Å². The first-order valence-corrected chi connectivity index (χ1v) is 15.5. The zero-order chi connectivity index (χ0) is 31.0. The van der Waals surface area contributed by atoms with Crippen LogP contribution in [-0.2, 0) is 13.2 Å². The van der Waals surface area contributed by atoms with Gasteiger partial charge in [-0.2, -0.15) is 10.1 Å². The number of aromatic nitrogens is 2. The van der Waals surface area contributed by atoms with Crippen molar-refractivity contribution in [2.24, 2.45) is 4.99 Å². The number of anilines is 2. The third-order valence-electron chi connectivity index (χ3n) is 8.63. The Labute approximate surface area is 268 Å². The van der Waals surface area contributed by atoms with Crippen molar-refractivity contribution < 1.29 is 9.47 Å². The second-order valence-electron chi connectivity index (χ2n) is 11.5. The molecule has 0 N–H and O–H groups in total. The number of aliphatic imine (C=N–C) groups is 1. The van der Waals surface area contributed by atoms with Crippen LogP contribution in [0.3, 0.4) is 0 Å². The minimum atomic E-state index is -0.209. The lowest BCUT2D eigenvalue weighted by Crippen LogP contribution is -2.42. The Kier molecular flexibility index (Phi) is 6.99. The van der Waals surface area contributed by atoms with Gasteiger partial charge in [0.15, 0.2) is 17.3 Å². The van der Waals surface area contributed by atoms with Crippen molar-refractivity contribution in [1.82, 2.24) is 9.78 Å². The maximum Gasteiger partial charge on any atom is 0.213 e. The number of nitrogens with zero attached hydrogens (tertiary/aromatic N) is 5. The number of para-hydroxylation sites is 3. The van der Waals surface area contributed by atoms with E-state index in [4.69, 9.17) is 19.6 Å². The third kappa shape index (κ3) is 4.77. The van der Waals surface area contributed by atoms with Crippen LogP contribution in [0.5, 0.6) is 11.5 Å². The van der Waals surface area contributed by atoms with Gasteiger partial charge in [0.25, 0.3) is 0 Å². The van der Waals surface area contributed by atoms with Gasteiger partial charge < -0.3 is 14.4 Å². The lowest BCUT2D eigenvalue weighted by atomic mass is 9.95. The molecule has 1 atom stereocenters. The van der Waals surface area contributed by atoms with Crippen molar-refractivity contribution >= 4 is 23.2 Å². The van der Waals surface area contributed by atoms with Gasteiger partial charge in [-0.05, 0) is 60.0 Å². The van der Waals surface area contributed by atoms with Crippen LogP contribution in [-0.4, -0.2) is 22.8 Å². The molecule has 0 unspecified atom stereocenters. The summed E-state index contributed by atoms with van der Waals surface area (Å²) in [5.74, 6) is 3.07. The van der Waals surface area contributed by atoms with E-state index in [1.165, 1.54) is 5.56 Å². The van der Waals surface area contributed by atoms with Gasteiger partial charge in [-0.1, -0.05) is 97.1 Å². The lowest BCUT2D eigenvalue weighted by Gasteiger charge is -2.35. The Morgan fingerprint density at radius 2 is 1.35 bits per heavy atom. The smallest absolute Gasteiger partial charge is 0.213 e. The molecule has 7 nitrogen and oxygen atoms in total. The van der Waals surface area contributed by atoms with Crippen LogP contribution in [0.15, 0.2) is 138 Å². The zero-order valence-corrected chi connectivity index (χ0v) is 25.7. The summed E-state index contributed by atoms with van der Waals surface area (Å²) in [6.07, 6.45) is 0. The predicted molar refractivity (Wildman–Crippen MR) is 183 cm³/mol. The van der Waals surface area contributed by atoms with Crippen LogP contribution in [0.4, 0.5) is 17.2 Å². The number of fused-ring (bicyclic) bond motifs is 4. The first-order valence-electron chi connectivity index (χ1n) is 15.5. The molecule has 1 aromatic heterocycles. The summed E-state index contributed by atoms with van der Waals surface area (Å²) < 4.78 is 14.2. The Hall–Kier alpha value is -5.82. The highest BCUT2D eigenvalue weighted by Gasteiger charge is 2.44. The second kappa shape index (κ2) is 11.6. The highest BCUT2D eigenvalue weighted by atomic mass is 16.5. The minimum absolute atomic E-state index is 0.209. The van der Waals surface area contributed by atoms with Crippen molar-refractivity contribution in [3.8, 4) is 17.2 Å². The molecule has 0 fully saturated rings. The molecular formula is C39H33N5O2. The zero-order valence-electron chi connectivity index (χ0n) is 25.7. The van der Waals surface area contributed by atoms with E-state index in [1.807, 2.05) is 47.1 Å². The number of rotatable bonds is 8. The summed E-state index contributed by atoms with van der Waals surface area (Å²) in [6, 6.07) is 45.5. The second-order valence-corrected chi connectivity index (χ2v) is 11.5. The maximum absolute atomic E-state index is 6.25. The maximum atomic E-state index is 6.25. The topological polar surface area (TPSA) is 55.1 Å². The number of guanidine groups is 1. The van der Waals surface area contributed by atoms with Gasteiger partial charge in [0.05, 0.1) is 42.5 Å². The van der Waals surface area contributed by atoms with E-state index in [0.717, 1.165) is 51.2 Å². The summed E-state index contributed by atoms with van der Waals surface area (Å²) in [4.78, 5) is 10.1. The fourth-order valence-corrected chi connectivity index (χ4v) is 6.48. The molecule has 0 saturated carbocycles. The molecule has 0 amide bonds. The number of hydrogen-bond acceptors (Lipinski definition) is 6. The number of hydrogen-bond donors (Lipinski definition) is 0. The molecule has 2 aliphatic heterocycles. The van der Waals surface area contributed by atoms with Crippen LogP contribution in [0.2, 0.25) is 0 Å². The molecule has 8 rings (SSSR count). The molecule has 5 aromatic carbocycles. The molecule has 226 valence electrons. The quantitative estimate of drug-likeness (QED) is 0.175. The van der Waals surface area contributed by atoms with Gasteiger partial charge in [0, 0.05) is 5.56 Å². The Balaban J connectivity index is 1.28. The van der Waals surface area contributed by atoms with E-state index in [0.29, 0.717) is 24.7 Å². The number of ether oxygens (including phenoxy) is 2. The van der Waals surface area contributed by atoms with Crippen molar-refractivity contribution in [1.29, 1.82) is 0 Å². The minimum Gasteiger partial charge on any atom is -0.493 e. The molecular weight excluding hydrogens is 570 g/mol. The lowest BCUT2D eigenvalue weighted by molar-refractivity contribution is 0.284. The van der Waals surface area contributed by atoms with Gasteiger partial charge >= 0.3 is 0 Å². The fraction of sp³-hybridized carbons (Fsp3) is 0.128. The van der Waals surface area contributed by atoms with Gasteiger partial charge in [-0.15, -0.1) is 0 Å². The predicted octanol–water partition coefficient (Wildman–Crippen LogP) is 8.39. The summed E-state index contributed by atoms with van der Waals surface area (Å²) in [7, 11) is 1.69. The van der Waals surface area contributed by atoms with Crippen LogP contribution in [0.25, 0.3) is 5.69 Å². The average Bonchev–Trinajstić information content (AvgIpc) is 3.61. The van der Waals surface area contributed by atoms with E-state index in [9.17, 15) is 0 Å². The molecule has 2 aliphatic rings. The van der Waals surface area contributed by atoms with Crippen molar-refractivity contribution in [3.63, 3.8) is 0 Å². The highest BCUT2D eigenvalue weighted by Crippen LogP contribution is 2.51. The average molecular weight is 604 g/mol. The van der Waals surface area contributed by atoms with Crippen LogP contribution < -0.4 is 19.3 Å². The normalized spacial score (nSPS) is 14.7. The van der Waals surface area contributed by atoms with Crippen molar-refractivity contribution in [2.75, 3.05) is 16.9 Å². The van der Waals surface area contributed by atoms with Gasteiger partial charge in [-0.3, -0.25) is 4.90 Å². The summed E-state index contributed by atoms with van der Waals surface area (Å²) in [6.45, 7) is 3.21. The molecule has 0 spiro atoms. The largest absolute Gasteiger partial charge is 0.493 e. The van der Waals surface area contributed by atoms with Gasteiger partial charge in [0.1, 0.15) is 6.61 Å². The van der Waals surface area contributed by atoms with Gasteiger partial charge in [0.2, 0.25) is 5.96 Å². The molecule has 0 aliphatic carbocycles. The van der Waals surface area contributed by atoms with E-state index in [-0.39, 0.29) is 6.04 Å². The molecule has 0 saturated heterocycles. The summed E-state index contributed by atoms with van der Waals surface area (Å²) in [5, 5.41) is 5.06. The Morgan fingerprint density at radius 1 is 0.696 bits per heavy atom. The number of benzene rings is 5. The Morgan fingerprint density at radius 3 is 2.07 bits per heavy atom. The number of methoxy groups -OCH3 is 1. The van der Waals surface area contributed by atoms with E-state index in [1.54, 1.807) is 7.11 Å². The summed E-state index contributed by atoms with van der Waals surface area (Å²) in [5.41, 5.74) is 8.54. The number of aryl methyl sites for hydroxylation is 1. The van der Waals surface area contributed by atoms with E-state index >= 15 is 0 Å². The first-order chi connectivity index (χ1) is 22.7. The van der Waals surface area contributed by atoms with Gasteiger partial charge in [-0.25, -0.2) is 4.68 Å². The first kappa shape index (κ1) is 27.7. The van der Waals surface area contributed by atoms with Crippen LogP contribution >= 0.6 is 0 Å². The summed E-state index contributed by atoms with van der Waals surface area (Å²) >= 11 is 0. The van der Waals surface area contributed by atoms with Crippen LogP contribution in [0, 0.1) is 6.92 Å². The molecule has 6 aromatic rings. The molecule has 7 heteroatoms. The SMILES string of the molecule is COc1cc([C@@H]2c3c(C)nn(-c4ccccc4)c3N=C3N(Cc4ccccc4)c4ccccc4N32)ccc1OCc1ccccc1. The highest BCUT2D eigenvalue weighted by molar-refractivity contribution is 6.18. The molecule has 0 radical (unpaired) electrons. The third-order valence-corrected chi connectivity index (χ3v) is 8.63. The molecule has 46 heavy (non-hydrogen) atoms. The Bertz CT molecular complexity index is 2040. The standard InChI is InChI=1S/C39H33N5O2/c1-27-36-37(30-22-23-34(35(24-30)45-2)46-26-29-16-8-4-9-17-29)43-33-21-13-12-20-32(33)42(25-28-14-6-3-7-15-28)39(43)40-38(36)44(41-27)31-18-10-5-11-19-31/h3-24,37H,25-26H2,1-2H3/t37-/m1/s1. The van der Waals surface area contributed by atoms with Crippen molar-refractivity contribution in [3.05, 3.63) is 161 Å². The van der Waals surface area contributed by atoms with Crippen LogP contribution in [0.1, 0.15) is 34.0 Å². The van der Waals surface area contributed by atoms with Crippen molar-refractivity contribution in [2.45, 2.75) is 26.1 Å².